The fourth-order valence-electron chi connectivity index (χ4n) is 0.949. The number of nitrogens with two attached hydrogens (primary N) is 1. The molecule has 0 heterocycles. The van der Waals surface area contributed by atoms with Gasteiger partial charge in [0.1, 0.15) is 0 Å². The molecule has 0 aromatic heterocycles. The van der Waals surface area contributed by atoms with E-state index < -0.39 is 10.8 Å². The molecule has 0 aliphatic rings. The number of rotatable bonds is 6. The molecule has 0 radical (unpaired) electrons. The second-order valence-electron chi connectivity index (χ2n) is 4.99. The van der Waals surface area contributed by atoms with Crippen LogP contribution in [0.25, 0.3) is 0 Å². The number of methoxy groups -OCH3 is 1. The lowest BCUT2D eigenvalue weighted by atomic mass is 10.1. The third-order valence-corrected chi connectivity index (χ3v) is 3.74. The van der Waals surface area contributed by atoms with Crippen LogP contribution in [0.5, 0.6) is 0 Å². The number of hydrogen-bond acceptors (Lipinski definition) is 3. The minimum atomic E-state index is -0.843. The molecule has 1 unspecified atom stereocenters. The van der Waals surface area contributed by atoms with Crippen molar-refractivity contribution in [3.63, 3.8) is 0 Å². The molecular formula is C10H23NO2S. The summed E-state index contributed by atoms with van der Waals surface area (Å²) in [7, 11) is 0.834. The number of ether oxygens (including phenoxy) is 1. The Bertz CT molecular complexity index is 197. The summed E-state index contributed by atoms with van der Waals surface area (Å²) in [5.74, 6) is 1.20. The van der Waals surface area contributed by atoms with Gasteiger partial charge in [0.2, 0.25) is 0 Å². The van der Waals surface area contributed by atoms with E-state index in [4.69, 9.17) is 10.5 Å². The highest BCUT2D eigenvalue weighted by Gasteiger charge is 2.20. The Kier molecular flexibility index (Phi) is 5.26. The lowest BCUT2D eigenvalue weighted by Gasteiger charge is -2.23. The standard InChI is InChI=1S/C10H23NO2S/c1-9(2,11)8-14(12)7-6-10(3,4)13-5/h6-8,11H2,1-5H3. The van der Waals surface area contributed by atoms with E-state index in [1.807, 2.05) is 27.7 Å². The molecule has 14 heavy (non-hydrogen) atoms. The zero-order valence-corrected chi connectivity index (χ0v) is 10.7. The summed E-state index contributed by atoms with van der Waals surface area (Å²) in [6, 6.07) is 0. The van der Waals surface area contributed by atoms with Crippen LogP contribution in [0, 0.1) is 0 Å². The second-order valence-corrected chi connectivity index (χ2v) is 6.57. The summed E-state index contributed by atoms with van der Waals surface area (Å²) in [5, 5.41) is 0. The van der Waals surface area contributed by atoms with Gasteiger partial charge in [0.05, 0.1) is 5.60 Å². The highest BCUT2D eigenvalue weighted by Crippen LogP contribution is 2.14. The van der Waals surface area contributed by atoms with E-state index in [1.165, 1.54) is 0 Å². The van der Waals surface area contributed by atoms with Crippen molar-refractivity contribution >= 4 is 10.8 Å². The van der Waals surface area contributed by atoms with E-state index in [-0.39, 0.29) is 11.1 Å². The van der Waals surface area contributed by atoms with Crippen molar-refractivity contribution in [3.05, 3.63) is 0 Å². The van der Waals surface area contributed by atoms with Crippen LogP contribution in [0.15, 0.2) is 0 Å². The molecule has 0 aromatic carbocycles. The smallest absolute Gasteiger partial charge is 0.0631 e. The first-order valence-corrected chi connectivity index (χ1v) is 6.34. The van der Waals surface area contributed by atoms with Gasteiger partial charge in [-0.05, 0) is 34.1 Å². The van der Waals surface area contributed by atoms with Crippen LogP contribution in [-0.4, -0.2) is 34.0 Å². The van der Waals surface area contributed by atoms with E-state index in [1.54, 1.807) is 7.11 Å². The van der Waals surface area contributed by atoms with Crippen molar-refractivity contribution in [2.45, 2.75) is 45.3 Å². The van der Waals surface area contributed by atoms with Gasteiger partial charge in [-0.25, -0.2) is 0 Å². The molecule has 0 saturated carbocycles. The van der Waals surface area contributed by atoms with Crippen LogP contribution in [-0.2, 0) is 15.5 Å². The van der Waals surface area contributed by atoms with Crippen molar-refractivity contribution < 1.29 is 8.95 Å². The van der Waals surface area contributed by atoms with Gasteiger partial charge in [-0.1, -0.05) is 0 Å². The van der Waals surface area contributed by atoms with E-state index in [2.05, 4.69) is 0 Å². The summed E-state index contributed by atoms with van der Waals surface area (Å²) < 4.78 is 16.8. The molecule has 0 aliphatic carbocycles. The summed E-state index contributed by atoms with van der Waals surface area (Å²) in [6.07, 6.45) is 0.798. The highest BCUT2D eigenvalue weighted by molar-refractivity contribution is 7.85. The molecule has 0 bridgehead atoms. The molecular weight excluding hydrogens is 198 g/mol. The molecule has 0 spiro atoms. The Balaban J connectivity index is 3.87. The third-order valence-electron chi connectivity index (χ3n) is 2.02. The molecule has 0 amide bonds. The Hall–Kier alpha value is 0.0700. The molecule has 4 heteroatoms. The lowest BCUT2D eigenvalue weighted by Crippen LogP contribution is -2.39. The van der Waals surface area contributed by atoms with E-state index in [0.29, 0.717) is 11.5 Å². The van der Waals surface area contributed by atoms with Crippen molar-refractivity contribution in [1.29, 1.82) is 0 Å². The molecule has 3 nitrogen and oxygen atoms in total. The van der Waals surface area contributed by atoms with Gasteiger partial charge >= 0.3 is 0 Å². The fourth-order valence-corrected chi connectivity index (χ4v) is 2.64. The van der Waals surface area contributed by atoms with E-state index in [0.717, 1.165) is 6.42 Å². The summed E-state index contributed by atoms with van der Waals surface area (Å²) in [5.41, 5.74) is 5.25. The van der Waals surface area contributed by atoms with Gasteiger partial charge in [-0.2, -0.15) is 0 Å². The second kappa shape index (κ2) is 5.24. The lowest BCUT2D eigenvalue weighted by molar-refractivity contribution is 0.0205. The number of hydrogen-bond donors (Lipinski definition) is 1. The van der Waals surface area contributed by atoms with Crippen molar-refractivity contribution in [2.75, 3.05) is 18.6 Å². The quantitative estimate of drug-likeness (QED) is 0.735. The van der Waals surface area contributed by atoms with E-state index in [9.17, 15) is 4.21 Å². The highest BCUT2D eigenvalue weighted by atomic mass is 32.2. The minimum Gasteiger partial charge on any atom is -0.379 e. The van der Waals surface area contributed by atoms with Gasteiger partial charge in [-0.15, -0.1) is 0 Å². The average Bonchev–Trinajstić information content (AvgIpc) is 1.98. The van der Waals surface area contributed by atoms with Crippen LogP contribution in [0.3, 0.4) is 0 Å². The normalized spacial score (nSPS) is 15.6. The first-order chi connectivity index (χ1) is 6.16. The Morgan fingerprint density at radius 1 is 1.29 bits per heavy atom. The first-order valence-electron chi connectivity index (χ1n) is 4.85. The third kappa shape index (κ3) is 7.47. The zero-order chi connectivity index (χ0) is 11.4. The maximum Gasteiger partial charge on any atom is 0.0631 e. The summed E-state index contributed by atoms with van der Waals surface area (Å²) in [6.45, 7) is 7.79. The molecule has 0 aromatic rings. The maximum absolute atomic E-state index is 11.6. The van der Waals surface area contributed by atoms with Crippen molar-refractivity contribution in [1.82, 2.24) is 0 Å². The van der Waals surface area contributed by atoms with Crippen molar-refractivity contribution in [3.8, 4) is 0 Å². The van der Waals surface area contributed by atoms with Crippen LogP contribution in [0.1, 0.15) is 34.1 Å². The Morgan fingerprint density at radius 2 is 1.79 bits per heavy atom. The van der Waals surface area contributed by atoms with Gasteiger partial charge in [-0.3, -0.25) is 4.21 Å². The minimum absolute atomic E-state index is 0.186. The van der Waals surface area contributed by atoms with Crippen LogP contribution >= 0.6 is 0 Å². The van der Waals surface area contributed by atoms with Crippen LogP contribution < -0.4 is 5.73 Å². The molecule has 1 atom stereocenters. The maximum atomic E-state index is 11.6. The summed E-state index contributed by atoms with van der Waals surface area (Å²) >= 11 is 0. The van der Waals surface area contributed by atoms with Crippen LogP contribution in [0.2, 0.25) is 0 Å². The first kappa shape index (κ1) is 14.1. The van der Waals surface area contributed by atoms with Crippen molar-refractivity contribution in [2.24, 2.45) is 5.73 Å². The monoisotopic (exact) mass is 221 g/mol. The molecule has 2 N–H and O–H groups in total. The summed E-state index contributed by atoms with van der Waals surface area (Å²) in [4.78, 5) is 0. The van der Waals surface area contributed by atoms with Gasteiger partial charge in [0, 0.05) is 35.0 Å². The molecule has 0 saturated heterocycles. The predicted octanol–water partition coefficient (Wildman–Crippen LogP) is 1.29. The Morgan fingerprint density at radius 3 is 2.14 bits per heavy atom. The van der Waals surface area contributed by atoms with Gasteiger partial charge in [0.15, 0.2) is 0 Å². The fraction of sp³-hybridized carbons (Fsp3) is 1.00. The zero-order valence-electron chi connectivity index (χ0n) is 9.92. The molecule has 86 valence electrons. The largest absolute Gasteiger partial charge is 0.379 e. The van der Waals surface area contributed by atoms with Gasteiger partial charge in [0.25, 0.3) is 0 Å². The SMILES string of the molecule is COC(C)(C)CCS(=O)CC(C)(C)N. The predicted molar refractivity (Wildman–Crippen MR) is 61.8 cm³/mol. The molecule has 0 aliphatic heterocycles. The van der Waals surface area contributed by atoms with Crippen LogP contribution in [0.4, 0.5) is 0 Å². The van der Waals surface area contributed by atoms with Gasteiger partial charge < -0.3 is 10.5 Å². The average molecular weight is 221 g/mol. The topological polar surface area (TPSA) is 52.3 Å². The Labute approximate surface area is 89.9 Å². The van der Waals surface area contributed by atoms with E-state index >= 15 is 0 Å². The molecule has 0 rings (SSSR count). The molecule has 0 fully saturated rings.